The van der Waals surface area contributed by atoms with Gasteiger partial charge in [0, 0.05) is 12.2 Å². The fraction of sp³-hybridized carbons (Fsp3) is 0.278. The lowest BCUT2D eigenvalue weighted by Crippen LogP contribution is -2.22. The monoisotopic (exact) mass is 296 g/mol. The van der Waals surface area contributed by atoms with Gasteiger partial charge in [0.25, 0.3) is 0 Å². The second-order valence-corrected chi connectivity index (χ2v) is 5.16. The lowest BCUT2D eigenvalue weighted by molar-refractivity contribution is -0.0613. The predicted molar refractivity (Wildman–Crippen MR) is 87.2 cm³/mol. The summed E-state index contributed by atoms with van der Waals surface area (Å²) in [6.07, 6.45) is 1.61. The molecule has 0 radical (unpaired) electrons. The van der Waals surface area contributed by atoms with Crippen LogP contribution in [0.2, 0.25) is 0 Å². The van der Waals surface area contributed by atoms with Crippen molar-refractivity contribution in [2.75, 3.05) is 6.61 Å². The first-order valence-corrected chi connectivity index (χ1v) is 7.53. The van der Waals surface area contributed by atoms with Gasteiger partial charge in [-0.25, -0.2) is 0 Å². The summed E-state index contributed by atoms with van der Waals surface area (Å²) in [5.41, 5.74) is 6.71. The molecule has 0 fully saturated rings. The quantitative estimate of drug-likeness (QED) is 0.859. The molecule has 1 aliphatic heterocycles. The fourth-order valence-corrected chi connectivity index (χ4v) is 2.60. The molecule has 0 aromatic heterocycles. The molecular weight excluding hydrogens is 276 g/mol. The van der Waals surface area contributed by atoms with Gasteiger partial charge in [-0.3, -0.25) is 5.43 Å². The Labute approximate surface area is 130 Å². The number of hydrogen-bond acceptors (Lipinski definition) is 4. The molecule has 0 spiro atoms. The largest absolute Gasteiger partial charge is 0.465 e. The second kappa shape index (κ2) is 6.62. The van der Waals surface area contributed by atoms with Crippen LogP contribution < -0.4 is 10.2 Å². The van der Waals surface area contributed by atoms with Gasteiger partial charge in [-0.15, -0.1) is 0 Å². The molecule has 0 amide bonds. The number of nitrogens with one attached hydrogen (secondary N) is 1. The Hall–Kier alpha value is -2.33. The topological polar surface area (TPSA) is 42.9 Å². The van der Waals surface area contributed by atoms with Crippen LogP contribution in [-0.2, 0) is 4.74 Å². The number of fused-ring (bicyclic) bond motifs is 1. The van der Waals surface area contributed by atoms with E-state index in [1.54, 1.807) is 0 Å². The van der Waals surface area contributed by atoms with Gasteiger partial charge in [0.2, 0.25) is 0 Å². The van der Waals surface area contributed by atoms with Crippen LogP contribution >= 0.6 is 0 Å². The summed E-state index contributed by atoms with van der Waals surface area (Å²) >= 11 is 0. The second-order valence-electron chi connectivity index (χ2n) is 5.16. The Morgan fingerprint density at radius 2 is 1.91 bits per heavy atom. The minimum absolute atomic E-state index is 0.0690. The number of hydrazone groups is 1. The van der Waals surface area contributed by atoms with Crippen molar-refractivity contribution in [2.45, 2.75) is 26.2 Å². The summed E-state index contributed by atoms with van der Waals surface area (Å²) in [6.45, 7) is 4.49. The average molecular weight is 296 g/mol. The maximum atomic E-state index is 5.69. The van der Waals surface area contributed by atoms with E-state index in [9.17, 15) is 0 Å². The SMILES string of the molecule is CCOC(C)Oc1ccc(C2NN=Cc3ccccc32)cc1. The normalized spacial score (nSPS) is 17.5. The Bertz CT molecular complexity index is 652. The highest BCUT2D eigenvalue weighted by Crippen LogP contribution is 2.28. The van der Waals surface area contributed by atoms with Crippen molar-refractivity contribution in [1.82, 2.24) is 5.43 Å². The molecule has 22 heavy (non-hydrogen) atoms. The highest BCUT2D eigenvalue weighted by Gasteiger charge is 2.18. The summed E-state index contributed by atoms with van der Waals surface area (Å²) in [6, 6.07) is 16.4. The molecule has 0 bridgehead atoms. The Morgan fingerprint density at radius 1 is 1.14 bits per heavy atom. The third-order valence-corrected chi connectivity index (χ3v) is 3.63. The Morgan fingerprint density at radius 3 is 2.68 bits per heavy atom. The van der Waals surface area contributed by atoms with Crippen LogP contribution in [-0.4, -0.2) is 19.1 Å². The van der Waals surface area contributed by atoms with E-state index >= 15 is 0 Å². The summed E-state index contributed by atoms with van der Waals surface area (Å²) in [7, 11) is 0. The smallest absolute Gasteiger partial charge is 0.196 e. The average Bonchev–Trinajstić information content (AvgIpc) is 2.55. The third kappa shape index (κ3) is 3.12. The van der Waals surface area contributed by atoms with Gasteiger partial charge in [-0.1, -0.05) is 36.4 Å². The third-order valence-electron chi connectivity index (χ3n) is 3.63. The summed E-state index contributed by atoms with van der Waals surface area (Å²) in [5, 5.41) is 4.25. The maximum absolute atomic E-state index is 5.69. The number of nitrogens with zero attached hydrogens (tertiary/aromatic N) is 1. The zero-order chi connectivity index (χ0) is 15.4. The molecule has 1 aliphatic rings. The van der Waals surface area contributed by atoms with Gasteiger partial charge in [-0.05, 0) is 37.1 Å². The van der Waals surface area contributed by atoms with Gasteiger partial charge in [0.15, 0.2) is 6.29 Å². The van der Waals surface area contributed by atoms with Crippen LogP contribution in [0.4, 0.5) is 0 Å². The van der Waals surface area contributed by atoms with Gasteiger partial charge in [-0.2, -0.15) is 5.10 Å². The molecule has 2 unspecified atom stereocenters. The van der Waals surface area contributed by atoms with Crippen molar-refractivity contribution in [3.63, 3.8) is 0 Å². The van der Waals surface area contributed by atoms with Crippen molar-refractivity contribution in [1.29, 1.82) is 0 Å². The number of benzene rings is 2. The van der Waals surface area contributed by atoms with Crippen molar-refractivity contribution in [2.24, 2.45) is 5.10 Å². The van der Waals surface area contributed by atoms with E-state index in [0.717, 1.165) is 16.9 Å². The van der Waals surface area contributed by atoms with Crippen LogP contribution in [0.15, 0.2) is 53.6 Å². The van der Waals surface area contributed by atoms with Gasteiger partial charge in [0.1, 0.15) is 5.75 Å². The molecule has 2 aromatic rings. The molecule has 114 valence electrons. The first-order chi connectivity index (χ1) is 10.8. The molecule has 0 saturated carbocycles. The molecule has 4 nitrogen and oxygen atoms in total. The number of ether oxygens (including phenoxy) is 2. The van der Waals surface area contributed by atoms with Crippen LogP contribution in [0.1, 0.15) is 36.6 Å². The lowest BCUT2D eigenvalue weighted by atomic mass is 9.94. The molecule has 1 N–H and O–H groups in total. The Balaban J connectivity index is 1.78. The zero-order valence-electron chi connectivity index (χ0n) is 12.8. The molecule has 1 heterocycles. The van der Waals surface area contributed by atoms with Crippen molar-refractivity contribution >= 4 is 6.21 Å². The van der Waals surface area contributed by atoms with Crippen molar-refractivity contribution in [3.8, 4) is 5.75 Å². The van der Waals surface area contributed by atoms with E-state index in [4.69, 9.17) is 9.47 Å². The standard InChI is InChI=1S/C18H20N2O2/c1-3-21-13(2)22-16-10-8-14(9-11-16)18-17-7-5-4-6-15(17)12-19-20-18/h4-13,18,20H,3H2,1-2H3. The molecule has 4 heteroatoms. The molecule has 0 saturated heterocycles. The van der Waals surface area contributed by atoms with Crippen LogP contribution in [0, 0.1) is 0 Å². The summed E-state index contributed by atoms with van der Waals surface area (Å²) < 4.78 is 11.1. The minimum Gasteiger partial charge on any atom is -0.465 e. The van der Waals surface area contributed by atoms with Crippen molar-refractivity contribution < 1.29 is 9.47 Å². The van der Waals surface area contributed by atoms with Gasteiger partial charge in [0.05, 0.1) is 12.3 Å². The van der Waals surface area contributed by atoms with Crippen LogP contribution in [0.5, 0.6) is 5.75 Å². The van der Waals surface area contributed by atoms with E-state index in [-0.39, 0.29) is 12.3 Å². The lowest BCUT2D eigenvalue weighted by Gasteiger charge is -2.23. The molecule has 2 atom stereocenters. The predicted octanol–water partition coefficient (Wildman–Crippen LogP) is 3.47. The zero-order valence-corrected chi connectivity index (χ0v) is 12.8. The molecule has 0 aliphatic carbocycles. The van der Waals surface area contributed by atoms with Gasteiger partial charge >= 0.3 is 0 Å². The summed E-state index contributed by atoms with van der Waals surface area (Å²) in [4.78, 5) is 0. The van der Waals surface area contributed by atoms with Gasteiger partial charge < -0.3 is 9.47 Å². The van der Waals surface area contributed by atoms with E-state index in [2.05, 4.69) is 34.8 Å². The fourth-order valence-electron chi connectivity index (χ4n) is 2.60. The number of hydrogen-bond donors (Lipinski definition) is 1. The minimum atomic E-state index is -0.242. The first kappa shape index (κ1) is 14.6. The molecule has 3 rings (SSSR count). The van der Waals surface area contributed by atoms with Crippen molar-refractivity contribution in [3.05, 3.63) is 65.2 Å². The highest BCUT2D eigenvalue weighted by molar-refractivity contribution is 5.83. The maximum Gasteiger partial charge on any atom is 0.196 e. The highest BCUT2D eigenvalue weighted by atomic mass is 16.7. The van der Waals surface area contributed by atoms with E-state index in [0.29, 0.717) is 6.61 Å². The van der Waals surface area contributed by atoms with E-state index in [1.165, 1.54) is 5.56 Å². The van der Waals surface area contributed by atoms with E-state index in [1.807, 2.05) is 44.3 Å². The Kier molecular flexibility index (Phi) is 4.39. The molecule has 2 aromatic carbocycles. The van der Waals surface area contributed by atoms with E-state index < -0.39 is 0 Å². The summed E-state index contributed by atoms with van der Waals surface area (Å²) in [5.74, 6) is 0.803. The number of rotatable bonds is 5. The van der Waals surface area contributed by atoms with Crippen LogP contribution in [0.25, 0.3) is 0 Å². The first-order valence-electron chi connectivity index (χ1n) is 7.53. The molecular formula is C18H20N2O2. The van der Waals surface area contributed by atoms with Crippen LogP contribution in [0.3, 0.4) is 0 Å².